The van der Waals surface area contributed by atoms with Crippen molar-refractivity contribution in [3.05, 3.63) is 72.6 Å². The number of H-pyrrole nitrogens is 1. The van der Waals surface area contributed by atoms with Crippen LogP contribution in [0.1, 0.15) is 37.3 Å². The molecule has 2 aromatic carbocycles. The fraction of sp³-hybridized carbons (Fsp3) is 0.238. The van der Waals surface area contributed by atoms with Crippen molar-refractivity contribution < 1.29 is 4.74 Å². The number of nitrogens with one attached hydrogen (secondary N) is 1. The molecular formula is C21H21NO. The molecule has 23 heavy (non-hydrogen) atoms. The van der Waals surface area contributed by atoms with E-state index in [0.29, 0.717) is 0 Å². The number of ether oxygens (including phenoxy) is 1. The second-order valence-corrected chi connectivity index (χ2v) is 6.26. The van der Waals surface area contributed by atoms with E-state index in [9.17, 15) is 0 Å². The van der Waals surface area contributed by atoms with Crippen molar-refractivity contribution in [2.75, 3.05) is 0 Å². The number of benzene rings is 2. The van der Waals surface area contributed by atoms with Gasteiger partial charge in [0.1, 0.15) is 11.5 Å². The van der Waals surface area contributed by atoms with Crippen LogP contribution in [-0.4, -0.2) is 4.98 Å². The van der Waals surface area contributed by atoms with Gasteiger partial charge < -0.3 is 9.72 Å². The maximum Gasteiger partial charge on any atom is 0.127 e. The monoisotopic (exact) mass is 303 g/mol. The molecule has 1 aromatic heterocycles. The zero-order chi connectivity index (χ0) is 15.5. The number of hydrogen-bond donors (Lipinski definition) is 1. The number of rotatable bonds is 4. The van der Waals surface area contributed by atoms with E-state index in [-0.39, 0.29) is 0 Å². The Bertz CT molecular complexity index is 752. The summed E-state index contributed by atoms with van der Waals surface area (Å²) in [6, 6.07) is 20.5. The smallest absolute Gasteiger partial charge is 0.127 e. The molecule has 0 radical (unpaired) electrons. The molecule has 2 heteroatoms. The second kappa shape index (κ2) is 6.33. The first-order chi connectivity index (χ1) is 11.4. The largest absolute Gasteiger partial charge is 0.457 e. The Morgan fingerprint density at radius 1 is 0.783 bits per heavy atom. The molecule has 1 heterocycles. The van der Waals surface area contributed by atoms with Gasteiger partial charge in [-0.15, -0.1) is 0 Å². The van der Waals surface area contributed by atoms with Gasteiger partial charge in [0, 0.05) is 11.9 Å². The standard InChI is InChI=1S/C21H21NO/c1-2-8-19(9-3-1)23-20-12-10-16(11-13-20)18-14-21(22-15-18)17-6-4-5-7-17/h1-3,8-15,17,22H,4-7H2. The summed E-state index contributed by atoms with van der Waals surface area (Å²) in [6.45, 7) is 0. The number of aromatic nitrogens is 1. The van der Waals surface area contributed by atoms with Crippen LogP contribution in [0.5, 0.6) is 11.5 Å². The second-order valence-electron chi connectivity index (χ2n) is 6.26. The third-order valence-electron chi connectivity index (χ3n) is 4.67. The van der Waals surface area contributed by atoms with Gasteiger partial charge in [-0.25, -0.2) is 0 Å². The highest BCUT2D eigenvalue weighted by Gasteiger charge is 2.18. The van der Waals surface area contributed by atoms with Crippen LogP contribution in [0.3, 0.4) is 0 Å². The van der Waals surface area contributed by atoms with Gasteiger partial charge in [0.05, 0.1) is 0 Å². The fourth-order valence-electron chi connectivity index (χ4n) is 3.39. The fourth-order valence-corrected chi connectivity index (χ4v) is 3.39. The molecule has 2 nitrogen and oxygen atoms in total. The van der Waals surface area contributed by atoms with E-state index in [0.717, 1.165) is 17.4 Å². The van der Waals surface area contributed by atoms with E-state index >= 15 is 0 Å². The van der Waals surface area contributed by atoms with E-state index in [1.807, 2.05) is 42.5 Å². The quantitative estimate of drug-likeness (QED) is 0.616. The molecule has 1 fully saturated rings. The molecule has 0 bridgehead atoms. The van der Waals surface area contributed by atoms with Crippen LogP contribution < -0.4 is 4.74 Å². The number of para-hydroxylation sites is 1. The molecule has 0 saturated heterocycles. The van der Waals surface area contributed by atoms with Crippen molar-refractivity contribution in [2.45, 2.75) is 31.6 Å². The van der Waals surface area contributed by atoms with Gasteiger partial charge >= 0.3 is 0 Å². The van der Waals surface area contributed by atoms with Gasteiger partial charge in [0.15, 0.2) is 0 Å². The number of aromatic amines is 1. The lowest BCUT2D eigenvalue weighted by molar-refractivity contribution is 0.483. The van der Waals surface area contributed by atoms with Crippen molar-refractivity contribution in [1.82, 2.24) is 4.98 Å². The maximum atomic E-state index is 5.85. The molecule has 0 spiro atoms. The van der Waals surface area contributed by atoms with Crippen molar-refractivity contribution in [3.8, 4) is 22.6 Å². The molecule has 1 aliphatic carbocycles. The average molecular weight is 303 g/mol. The van der Waals surface area contributed by atoms with Crippen LogP contribution in [-0.2, 0) is 0 Å². The highest BCUT2D eigenvalue weighted by atomic mass is 16.5. The summed E-state index contributed by atoms with van der Waals surface area (Å²) >= 11 is 0. The molecule has 1 aliphatic rings. The summed E-state index contributed by atoms with van der Waals surface area (Å²) in [5, 5.41) is 0. The Balaban J connectivity index is 1.49. The zero-order valence-electron chi connectivity index (χ0n) is 13.2. The van der Waals surface area contributed by atoms with E-state index in [1.165, 1.54) is 42.5 Å². The third kappa shape index (κ3) is 3.16. The summed E-state index contributed by atoms with van der Waals surface area (Å²) in [5.41, 5.74) is 3.88. The zero-order valence-corrected chi connectivity index (χ0v) is 13.2. The van der Waals surface area contributed by atoms with Gasteiger partial charge in [-0.1, -0.05) is 43.2 Å². The Hall–Kier alpha value is -2.48. The summed E-state index contributed by atoms with van der Waals surface area (Å²) in [4.78, 5) is 3.47. The molecule has 0 amide bonds. The highest BCUT2D eigenvalue weighted by molar-refractivity contribution is 5.64. The summed E-state index contributed by atoms with van der Waals surface area (Å²) in [7, 11) is 0. The van der Waals surface area contributed by atoms with Crippen molar-refractivity contribution in [1.29, 1.82) is 0 Å². The van der Waals surface area contributed by atoms with E-state index in [1.54, 1.807) is 0 Å². The average Bonchev–Trinajstić information content (AvgIpc) is 3.28. The Morgan fingerprint density at radius 2 is 1.48 bits per heavy atom. The lowest BCUT2D eigenvalue weighted by atomic mass is 10.0. The predicted octanol–water partition coefficient (Wildman–Crippen LogP) is 6.13. The van der Waals surface area contributed by atoms with Crippen LogP contribution >= 0.6 is 0 Å². The molecule has 4 rings (SSSR count). The van der Waals surface area contributed by atoms with Crippen LogP contribution in [0.2, 0.25) is 0 Å². The first kappa shape index (κ1) is 14.1. The summed E-state index contributed by atoms with van der Waals surface area (Å²) in [5.74, 6) is 2.46. The third-order valence-corrected chi connectivity index (χ3v) is 4.67. The number of hydrogen-bond acceptors (Lipinski definition) is 1. The molecule has 0 aliphatic heterocycles. The van der Waals surface area contributed by atoms with E-state index < -0.39 is 0 Å². The van der Waals surface area contributed by atoms with Crippen LogP contribution in [0.4, 0.5) is 0 Å². The van der Waals surface area contributed by atoms with Crippen molar-refractivity contribution in [2.24, 2.45) is 0 Å². The van der Waals surface area contributed by atoms with E-state index in [2.05, 4.69) is 29.4 Å². The lowest BCUT2D eigenvalue weighted by Crippen LogP contribution is -1.90. The minimum Gasteiger partial charge on any atom is -0.457 e. The van der Waals surface area contributed by atoms with Gasteiger partial charge in [0.25, 0.3) is 0 Å². The molecule has 1 N–H and O–H groups in total. The summed E-state index contributed by atoms with van der Waals surface area (Å²) < 4.78 is 5.85. The van der Waals surface area contributed by atoms with E-state index in [4.69, 9.17) is 4.74 Å². The highest BCUT2D eigenvalue weighted by Crippen LogP contribution is 2.35. The predicted molar refractivity (Wildman–Crippen MR) is 94.0 cm³/mol. The first-order valence-corrected chi connectivity index (χ1v) is 8.40. The minimum atomic E-state index is 0.726. The topological polar surface area (TPSA) is 25.0 Å². The summed E-state index contributed by atoms with van der Waals surface area (Å²) in [6.07, 6.45) is 7.50. The minimum absolute atomic E-state index is 0.726. The molecular weight excluding hydrogens is 282 g/mol. The maximum absolute atomic E-state index is 5.85. The molecule has 1 saturated carbocycles. The van der Waals surface area contributed by atoms with Gasteiger partial charge in [0.2, 0.25) is 0 Å². The molecule has 116 valence electrons. The van der Waals surface area contributed by atoms with Gasteiger partial charge in [-0.2, -0.15) is 0 Å². The van der Waals surface area contributed by atoms with Crippen molar-refractivity contribution in [3.63, 3.8) is 0 Å². The van der Waals surface area contributed by atoms with Gasteiger partial charge in [-0.3, -0.25) is 0 Å². The Kier molecular flexibility index (Phi) is 3.89. The Morgan fingerprint density at radius 3 is 2.22 bits per heavy atom. The Labute approximate surface area is 137 Å². The lowest BCUT2D eigenvalue weighted by Gasteiger charge is -2.06. The SMILES string of the molecule is c1ccc(Oc2ccc(-c3c[nH]c(C4CCCC4)c3)cc2)cc1. The molecule has 0 unspecified atom stereocenters. The van der Waals surface area contributed by atoms with Crippen molar-refractivity contribution >= 4 is 0 Å². The first-order valence-electron chi connectivity index (χ1n) is 8.40. The normalized spacial score (nSPS) is 15.0. The van der Waals surface area contributed by atoms with Gasteiger partial charge in [-0.05, 0) is 60.2 Å². The van der Waals surface area contributed by atoms with Crippen LogP contribution in [0.15, 0.2) is 66.9 Å². The van der Waals surface area contributed by atoms with Crippen LogP contribution in [0, 0.1) is 0 Å². The molecule has 3 aromatic rings. The molecule has 0 atom stereocenters. The van der Waals surface area contributed by atoms with Crippen LogP contribution in [0.25, 0.3) is 11.1 Å².